The zero-order valence-electron chi connectivity index (χ0n) is 16.1. The third-order valence-electron chi connectivity index (χ3n) is 3.97. The van der Waals surface area contributed by atoms with E-state index in [0.29, 0.717) is 28.6 Å². The molecule has 6 nitrogen and oxygen atoms in total. The standard InChI is InChI=1S/C21H23N3O3S/c1-4-18(19(25)23-16-8-5-14(6-9-16)21(26)27)28-20-15(12-22)7-10-17(24-20)11-13(2)3/h5-10,13,18H,4,11H2,1-3H3,(H,23,25)(H,26,27). The monoisotopic (exact) mass is 397 g/mol. The summed E-state index contributed by atoms with van der Waals surface area (Å²) in [6.45, 7) is 6.10. The van der Waals surface area contributed by atoms with Crippen LogP contribution >= 0.6 is 11.8 Å². The molecule has 0 spiro atoms. The van der Waals surface area contributed by atoms with E-state index in [1.165, 1.54) is 23.9 Å². The minimum absolute atomic E-state index is 0.157. The normalized spacial score (nSPS) is 11.7. The van der Waals surface area contributed by atoms with Crippen LogP contribution in [0.1, 0.15) is 48.8 Å². The molecule has 1 amide bonds. The van der Waals surface area contributed by atoms with Crippen LogP contribution in [0.5, 0.6) is 0 Å². The van der Waals surface area contributed by atoms with Gasteiger partial charge in [0.25, 0.3) is 0 Å². The van der Waals surface area contributed by atoms with Crippen molar-refractivity contribution in [2.24, 2.45) is 5.92 Å². The SMILES string of the molecule is CCC(Sc1nc(CC(C)C)ccc1C#N)C(=O)Nc1ccc(C(=O)O)cc1. The molecule has 0 bridgehead atoms. The number of pyridine rings is 1. The largest absolute Gasteiger partial charge is 0.478 e. The molecule has 146 valence electrons. The van der Waals surface area contributed by atoms with Crippen molar-refractivity contribution in [1.29, 1.82) is 5.26 Å². The minimum Gasteiger partial charge on any atom is -0.478 e. The number of nitriles is 1. The Balaban J connectivity index is 2.15. The second-order valence-electron chi connectivity index (χ2n) is 6.75. The van der Waals surface area contributed by atoms with Gasteiger partial charge in [-0.25, -0.2) is 9.78 Å². The molecule has 0 radical (unpaired) electrons. The molecule has 1 heterocycles. The minimum atomic E-state index is -1.02. The van der Waals surface area contributed by atoms with Crippen molar-refractivity contribution < 1.29 is 14.7 Å². The van der Waals surface area contributed by atoms with Gasteiger partial charge in [-0.3, -0.25) is 4.79 Å². The van der Waals surface area contributed by atoms with Gasteiger partial charge in [0.2, 0.25) is 5.91 Å². The third-order valence-corrected chi connectivity index (χ3v) is 5.34. The number of hydrogen-bond acceptors (Lipinski definition) is 5. The van der Waals surface area contributed by atoms with Gasteiger partial charge in [-0.1, -0.05) is 32.5 Å². The zero-order valence-corrected chi connectivity index (χ0v) is 16.9. The first kappa shape index (κ1) is 21.5. The molecule has 1 unspecified atom stereocenters. The number of carbonyl (C=O) groups is 2. The summed E-state index contributed by atoms with van der Waals surface area (Å²) in [5.41, 5.74) is 2.03. The smallest absolute Gasteiger partial charge is 0.335 e. The maximum absolute atomic E-state index is 12.7. The first-order chi connectivity index (χ1) is 13.3. The predicted molar refractivity (Wildman–Crippen MR) is 109 cm³/mol. The van der Waals surface area contributed by atoms with Crippen LogP contribution in [0.15, 0.2) is 41.4 Å². The average Bonchev–Trinajstić information content (AvgIpc) is 2.66. The fourth-order valence-electron chi connectivity index (χ4n) is 2.56. The Bertz CT molecular complexity index is 889. The topological polar surface area (TPSA) is 103 Å². The highest BCUT2D eigenvalue weighted by Crippen LogP contribution is 2.28. The van der Waals surface area contributed by atoms with Crippen LogP contribution in [0.25, 0.3) is 0 Å². The van der Waals surface area contributed by atoms with Crippen LogP contribution in [0, 0.1) is 17.2 Å². The Morgan fingerprint density at radius 3 is 2.43 bits per heavy atom. The van der Waals surface area contributed by atoms with E-state index in [1.807, 2.05) is 13.0 Å². The van der Waals surface area contributed by atoms with E-state index in [1.54, 1.807) is 18.2 Å². The summed E-state index contributed by atoms with van der Waals surface area (Å²) in [5, 5.41) is 21.3. The van der Waals surface area contributed by atoms with Gasteiger partial charge in [-0.2, -0.15) is 5.26 Å². The van der Waals surface area contributed by atoms with Crippen LogP contribution in [0.3, 0.4) is 0 Å². The quantitative estimate of drug-likeness (QED) is 0.642. The van der Waals surface area contributed by atoms with Crippen LogP contribution in [0.4, 0.5) is 5.69 Å². The Labute approximate surface area is 169 Å². The molecule has 7 heteroatoms. The van der Waals surface area contributed by atoms with E-state index in [0.717, 1.165) is 12.1 Å². The molecule has 2 N–H and O–H groups in total. The van der Waals surface area contributed by atoms with E-state index >= 15 is 0 Å². The highest BCUT2D eigenvalue weighted by atomic mass is 32.2. The van der Waals surface area contributed by atoms with Gasteiger partial charge in [0.1, 0.15) is 11.1 Å². The average molecular weight is 398 g/mol. The molecular formula is C21H23N3O3S. The second-order valence-corrected chi connectivity index (χ2v) is 7.94. The van der Waals surface area contributed by atoms with Gasteiger partial charge >= 0.3 is 5.97 Å². The van der Waals surface area contributed by atoms with Crippen molar-refractivity contribution in [3.05, 3.63) is 53.2 Å². The van der Waals surface area contributed by atoms with Crippen molar-refractivity contribution in [2.45, 2.75) is 43.9 Å². The molecule has 1 aromatic heterocycles. The van der Waals surface area contributed by atoms with Crippen molar-refractivity contribution >= 4 is 29.3 Å². The van der Waals surface area contributed by atoms with E-state index in [-0.39, 0.29) is 11.5 Å². The number of amides is 1. The lowest BCUT2D eigenvalue weighted by atomic mass is 10.1. The number of rotatable bonds is 8. The molecule has 0 saturated carbocycles. The Morgan fingerprint density at radius 1 is 1.21 bits per heavy atom. The van der Waals surface area contributed by atoms with Crippen molar-refractivity contribution in [3.63, 3.8) is 0 Å². The summed E-state index contributed by atoms with van der Waals surface area (Å²) < 4.78 is 0. The van der Waals surface area contributed by atoms with Crippen LogP contribution in [-0.2, 0) is 11.2 Å². The number of aromatic carboxylic acids is 1. The summed E-state index contributed by atoms with van der Waals surface area (Å²) in [6, 6.07) is 11.7. The summed E-state index contributed by atoms with van der Waals surface area (Å²) in [4.78, 5) is 28.2. The third kappa shape index (κ3) is 5.83. The van der Waals surface area contributed by atoms with E-state index in [2.05, 4.69) is 30.2 Å². The highest BCUT2D eigenvalue weighted by Gasteiger charge is 2.21. The molecule has 1 atom stereocenters. The van der Waals surface area contributed by atoms with E-state index < -0.39 is 11.2 Å². The molecular weight excluding hydrogens is 374 g/mol. The molecule has 0 aliphatic heterocycles. The number of nitrogens with zero attached hydrogens (tertiary/aromatic N) is 2. The number of carboxylic acids is 1. The Morgan fingerprint density at radius 2 is 1.89 bits per heavy atom. The van der Waals surface area contributed by atoms with Crippen LogP contribution in [0.2, 0.25) is 0 Å². The van der Waals surface area contributed by atoms with Crippen LogP contribution in [-0.4, -0.2) is 27.2 Å². The Kier molecular flexibility index (Phi) is 7.59. The second kappa shape index (κ2) is 9.90. The summed E-state index contributed by atoms with van der Waals surface area (Å²) in [5.74, 6) is -0.788. The van der Waals surface area contributed by atoms with E-state index in [4.69, 9.17) is 5.11 Å². The maximum Gasteiger partial charge on any atom is 0.335 e. The highest BCUT2D eigenvalue weighted by molar-refractivity contribution is 8.00. The lowest BCUT2D eigenvalue weighted by Crippen LogP contribution is -2.25. The fraction of sp³-hybridized carbons (Fsp3) is 0.333. The van der Waals surface area contributed by atoms with Gasteiger partial charge in [0.15, 0.2) is 0 Å². The van der Waals surface area contributed by atoms with Crippen molar-refractivity contribution in [2.75, 3.05) is 5.32 Å². The van der Waals surface area contributed by atoms with E-state index in [9.17, 15) is 14.9 Å². The number of aromatic nitrogens is 1. The summed E-state index contributed by atoms with van der Waals surface area (Å²) in [6.07, 6.45) is 1.36. The summed E-state index contributed by atoms with van der Waals surface area (Å²) in [7, 11) is 0. The van der Waals surface area contributed by atoms with Gasteiger partial charge in [0, 0.05) is 11.4 Å². The zero-order chi connectivity index (χ0) is 20.7. The van der Waals surface area contributed by atoms with Gasteiger partial charge < -0.3 is 10.4 Å². The number of thioether (sulfide) groups is 1. The Hall–Kier alpha value is -2.85. The molecule has 2 aromatic rings. The van der Waals surface area contributed by atoms with Gasteiger partial charge in [-0.15, -0.1) is 0 Å². The number of anilines is 1. The number of benzene rings is 1. The van der Waals surface area contributed by atoms with Crippen molar-refractivity contribution in [1.82, 2.24) is 4.98 Å². The first-order valence-electron chi connectivity index (χ1n) is 9.05. The molecule has 0 aliphatic carbocycles. The lowest BCUT2D eigenvalue weighted by Gasteiger charge is -2.16. The first-order valence-corrected chi connectivity index (χ1v) is 9.92. The molecule has 28 heavy (non-hydrogen) atoms. The van der Waals surface area contributed by atoms with Gasteiger partial charge in [0.05, 0.1) is 16.4 Å². The molecule has 2 rings (SSSR count). The number of carboxylic acid groups (broad SMARTS) is 1. The molecule has 0 saturated heterocycles. The lowest BCUT2D eigenvalue weighted by molar-refractivity contribution is -0.115. The maximum atomic E-state index is 12.7. The fourth-order valence-corrected chi connectivity index (χ4v) is 3.57. The molecule has 1 aromatic carbocycles. The summed E-state index contributed by atoms with van der Waals surface area (Å²) >= 11 is 1.28. The number of carbonyl (C=O) groups excluding carboxylic acids is 1. The molecule has 0 aliphatic rings. The van der Waals surface area contributed by atoms with Crippen LogP contribution < -0.4 is 5.32 Å². The van der Waals surface area contributed by atoms with Crippen molar-refractivity contribution in [3.8, 4) is 6.07 Å². The predicted octanol–water partition coefficient (Wildman–Crippen LogP) is 4.36. The number of hydrogen-bond donors (Lipinski definition) is 2. The van der Waals surface area contributed by atoms with Gasteiger partial charge in [-0.05, 0) is 55.2 Å². The number of nitrogens with one attached hydrogen (secondary N) is 1. The molecule has 0 fully saturated rings.